The molecule has 1 fully saturated rings. The van der Waals surface area contributed by atoms with Crippen LogP contribution in [0.1, 0.15) is 56.7 Å². The van der Waals surface area contributed by atoms with Crippen molar-refractivity contribution >= 4 is 23.5 Å². The number of ether oxygens (including phenoxy) is 1. The number of allylic oxidation sites excluding steroid dienone is 4. The molecule has 2 rings (SSSR count). The lowest BCUT2D eigenvalue weighted by Gasteiger charge is -2.37. The number of phenolic OH excluding ortho intramolecular Hbond substituents is 1. The first kappa shape index (κ1) is 24.8. The Morgan fingerprint density at radius 1 is 1.35 bits per heavy atom. The molecular weight excluding hydrogens is 416 g/mol. The van der Waals surface area contributed by atoms with Gasteiger partial charge in [-0.2, -0.15) is 0 Å². The SMILES string of the molecule is CO/N=C/c1c(C)c(Cl)c(OC)c(C/C=C(C)/C=C/[C@]2(C)C/C(=N/O)CC[C@H]2C)c1O. The smallest absolute Gasteiger partial charge is 0.144 e. The van der Waals surface area contributed by atoms with Crippen molar-refractivity contribution in [1.29, 1.82) is 0 Å². The molecule has 0 aromatic heterocycles. The van der Waals surface area contributed by atoms with E-state index in [1.54, 1.807) is 6.92 Å². The summed E-state index contributed by atoms with van der Waals surface area (Å²) >= 11 is 6.49. The summed E-state index contributed by atoms with van der Waals surface area (Å²) in [6, 6.07) is 0. The highest BCUT2D eigenvalue weighted by Gasteiger charge is 2.34. The predicted octanol–water partition coefficient (Wildman–Crippen LogP) is 6.04. The van der Waals surface area contributed by atoms with Crippen LogP contribution < -0.4 is 4.74 Å². The van der Waals surface area contributed by atoms with E-state index in [0.29, 0.717) is 39.8 Å². The van der Waals surface area contributed by atoms with Gasteiger partial charge in [-0.3, -0.25) is 0 Å². The van der Waals surface area contributed by atoms with Crippen LogP contribution in [0.3, 0.4) is 0 Å². The Hall–Kier alpha value is -2.47. The standard InChI is InChI=1S/C24H33ClN2O4/c1-15(11-12-24(4)13-18(27-29)9-8-16(24)2)7-10-19-22(28)20(14-26-31-6)17(3)21(25)23(19)30-5/h7,11-12,14,16,28-29H,8-10,13H2,1-6H3/b12-11+,15-7+,26-14+,27-18+/t16-,24-/m1/s1. The molecule has 0 aliphatic heterocycles. The Balaban J connectivity index is 2.32. The van der Waals surface area contributed by atoms with E-state index in [-0.39, 0.29) is 11.2 Å². The van der Waals surface area contributed by atoms with Crippen molar-refractivity contribution in [2.24, 2.45) is 21.6 Å². The van der Waals surface area contributed by atoms with Gasteiger partial charge >= 0.3 is 0 Å². The van der Waals surface area contributed by atoms with Gasteiger partial charge in [-0.05, 0) is 56.4 Å². The second kappa shape index (κ2) is 10.7. The quantitative estimate of drug-likeness (QED) is 0.230. The van der Waals surface area contributed by atoms with E-state index in [2.05, 4.69) is 36.3 Å². The molecule has 0 unspecified atom stereocenters. The van der Waals surface area contributed by atoms with Gasteiger partial charge in [0.05, 0.1) is 24.1 Å². The monoisotopic (exact) mass is 448 g/mol. The van der Waals surface area contributed by atoms with Gasteiger partial charge in [0.1, 0.15) is 18.6 Å². The Kier molecular flexibility index (Phi) is 8.57. The van der Waals surface area contributed by atoms with Crippen LogP contribution in [0.5, 0.6) is 11.5 Å². The summed E-state index contributed by atoms with van der Waals surface area (Å²) in [7, 11) is 2.98. The average Bonchev–Trinajstić information content (AvgIpc) is 2.76. The molecule has 0 spiro atoms. The maximum atomic E-state index is 10.8. The van der Waals surface area contributed by atoms with E-state index in [9.17, 15) is 10.3 Å². The molecule has 1 saturated carbocycles. The number of hydrogen-bond donors (Lipinski definition) is 2. The summed E-state index contributed by atoms with van der Waals surface area (Å²) in [4.78, 5) is 4.75. The molecule has 170 valence electrons. The Bertz CT molecular complexity index is 921. The third-order valence-corrected chi connectivity index (χ3v) is 6.77. The summed E-state index contributed by atoms with van der Waals surface area (Å²) < 4.78 is 5.49. The van der Waals surface area contributed by atoms with E-state index >= 15 is 0 Å². The van der Waals surface area contributed by atoms with Crippen molar-refractivity contribution in [3.05, 3.63) is 45.5 Å². The molecule has 1 aliphatic carbocycles. The molecule has 1 aromatic carbocycles. The summed E-state index contributed by atoms with van der Waals surface area (Å²) in [6.45, 7) is 8.24. The number of nitrogens with zero attached hydrogens (tertiary/aromatic N) is 2. The van der Waals surface area contributed by atoms with Crippen LogP contribution >= 0.6 is 11.6 Å². The fourth-order valence-electron chi connectivity index (χ4n) is 3.91. The van der Waals surface area contributed by atoms with E-state index in [0.717, 1.165) is 30.5 Å². The number of methoxy groups -OCH3 is 1. The highest BCUT2D eigenvalue weighted by atomic mass is 35.5. The van der Waals surface area contributed by atoms with Crippen LogP contribution in [0.4, 0.5) is 0 Å². The molecule has 0 radical (unpaired) electrons. The highest BCUT2D eigenvalue weighted by molar-refractivity contribution is 6.33. The molecule has 2 atom stereocenters. The number of aromatic hydroxyl groups is 1. The molecule has 1 aliphatic rings. The van der Waals surface area contributed by atoms with Gasteiger partial charge in [0.25, 0.3) is 0 Å². The van der Waals surface area contributed by atoms with Crippen molar-refractivity contribution in [3.63, 3.8) is 0 Å². The number of benzene rings is 1. The molecule has 6 nitrogen and oxygen atoms in total. The third kappa shape index (κ3) is 5.62. The molecule has 7 heteroatoms. The second-order valence-electron chi connectivity index (χ2n) is 8.40. The van der Waals surface area contributed by atoms with Crippen molar-refractivity contribution in [2.75, 3.05) is 14.2 Å². The first-order chi connectivity index (χ1) is 14.7. The van der Waals surface area contributed by atoms with Gasteiger partial charge in [-0.1, -0.05) is 59.6 Å². The first-order valence-electron chi connectivity index (χ1n) is 10.4. The maximum absolute atomic E-state index is 10.8. The lowest BCUT2D eigenvalue weighted by atomic mass is 9.67. The minimum absolute atomic E-state index is 0.0638. The number of oxime groups is 2. The predicted molar refractivity (Wildman–Crippen MR) is 126 cm³/mol. The Morgan fingerprint density at radius 2 is 2.06 bits per heavy atom. The van der Waals surface area contributed by atoms with E-state index in [1.807, 2.05) is 13.0 Å². The van der Waals surface area contributed by atoms with Gasteiger partial charge in [-0.25, -0.2) is 0 Å². The summed E-state index contributed by atoms with van der Waals surface area (Å²) in [6.07, 6.45) is 10.8. The lowest BCUT2D eigenvalue weighted by Crippen LogP contribution is -2.31. The van der Waals surface area contributed by atoms with Crippen LogP contribution in [0.15, 0.2) is 34.1 Å². The van der Waals surface area contributed by atoms with Gasteiger partial charge in [-0.15, -0.1) is 0 Å². The Morgan fingerprint density at radius 3 is 2.68 bits per heavy atom. The first-order valence-corrected chi connectivity index (χ1v) is 10.8. The fourth-order valence-corrected chi connectivity index (χ4v) is 4.20. The molecular formula is C24H33ClN2O4. The normalized spacial score (nSPS) is 23.8. The molecule has 2 N–H and O–H groups in total. The number of phenols is 1. The minimum atomic E-state index is -0.0638. The zero-order valence-electron chi connectivity index (χ0n) is 19.2. The van der Waals surface area contributed by atoms with Crippen LogP contribution in [-0.4, -0.2) is 36.5 Å². The summed E-state index contributed by atoms with van der Waals surface area (Å²) in [5.74, 6) is 1.02. The van der Waals surface area contributed by atoms with Crippen molar-refractivity contribution in [1.82, 2.24) is 0 Å². The van der Waals surface area contributed by atoms with E-state index in [1.165, 1.54) is 20.4 Å². The lowest BCUT2D eigenvalue weighted by molar-refractivity contribution is 0.215. The van der Waals surface area contributed by atoms with Gasteiger partial charge in [0.2, 0.25) is 0 Å². The van der Waals surface area contributed by atoms with E-state index in [4.69, 9.17) is 21.2 Å². The summed E-state index contributed by atoms with van der Waals surface area (Å²) in [5, 5.41) is 27.7. The van der Waals surface area contributed by atoms with Crippen LogP contribution in [0, 0.1) is 18.3 Å². The molecule has 0 saturated heterocycles. The summed E-state index contributed by atoms with van der Waals surface area (Å²) in [5.41, 5.74) is 3.60. The van der Waals surface area contributed by atoms with Crippen molar-refractivity contribution < 1.29 is 19.9 Å². The number of halogens is 1. The molecule has 1 aromatic rings. The number of hydrogen-bond acceptors (Lipinski definition) is 6. The minimum Gasteiger partial charge on any atom is -0.507 e. The molecule has 0 bridgehead atoms. The number of rotatable bonds is 7. The Labute approximate surface area is 189 Å². The molecule has 0 amide bonds. The fraction of sp³-hybridized carbons (Fsp3) is 0.500. The van der Waals surface area contributed by atoms with Gasteiger partial charge in [0, 0.05) is 11.1 Å². The van der Waals surface area contributed by atoms with Crippen LogP contribution in [0.25, 0.3) is 0 Å². The topological polar surface area (TPSA) is 83.6 Å². The van der Waals surface area contributed by atoms with Gasteiger partial charge in [0.15, 0.2) is 0 Å². The highest BCUT2D eigenvalue weighted by Crippen LogP contribution is 2.42. The van der Waals surface area contributed by atoms with Crippen LogP contribution in [0.2, 0.25) is 5.02 Å². The van der Waals surface area contributed by atoms with Crippen molar-refractivity contribution in [2.45, 2.75) is 53.4 Å². The third-order valence-electron chi connectivity index (χ3n) is 6.31. The van der Waals surface area contributed by atoms with E-state index < -0.39 is 0 Å². The van der Waals surface area contributed by atoms with Crippen molar-refractivity contribution in [3.8, 4) is 11.5 Å². The largest absolute Gasteiger partial charge is 0.507 e. The maximum Gasteiger partial charge on any atom is 0.144 e. The molecule has 31 heavy (non-hydrogen) atoms. The van der Waals surface area contributed by atoms with Gasteiger partial charge < -0.3 is 19.9 Å². The molecule has 0 heterocycles. The average molecular weight is 449 g/mol. The zero-order chi connectivity index (χ0) is 23.2. The van der Waals surface area contributed by atoms with Crippen LogP contribution in [-0.2, 0) is 11.3 Å². The zero-order valence-corrected chi connectivity index (χ0v) is 20.0. The second-order valence-corrected chi connectivity index (χ2v) is 8.78.